The second kappa shape index (κ2) is 7.85. The van der Waals surface area contributed by atoms with Gasteiger partial charge in [0, 0.05) is 23.9 Å². The molecule has 102 valence electrons. The number of benzene rings is 1. The molecule has 0 atom stereocenters. The second-order valence-corrected chi connectivity index (χ2v) is 7.21. The Morgan fingerprint density at radius 3 is 2.56 bits per heavy atom. The average Bonchev–Trinajstić information content (AvgIpc) is 2.29. The number of hydrogen-bond acceptors (Lipinski definition) is 5. The Hall–Kier alpha value is -0.470. The van der Waals surface area contributed by atoms with Crippen molar-refractivity contribution in [2.45, 2.75) is 0 Å². The van der Waals surface area contributed by atoms with Crippen molar-refractivity contribution in [1.82, 2.24) is 5.32 Å². The van der Waals surface area contributed by atoms with E-state index in [-0.39, 0.29) is 0 Å². The van der Waals surface area contributed by atoms with Crippen molar-refractivity contribution in [1.29, 1.82) is 0 Å². The zero-order chi connectivity index (χ0) is 13.4. The normalized spacial score (nSPS) is 11.4. The lowest BCUT2D eigenvalue weighted by atomic mass is 10.3. The third kappa shape index (κ3) is 7.78. The Kier molecular flexibility index (Phi) is 6.80. The van der Waals surface area contributed by atoms with Gasteiger partial charge in [0.25, 0.3) is 0 Å². The van der Waals surface area contributed by atoms with Crippen LogP contribution >= 0.6 is 22.4 Å². The summed E-state index contributed by atoms with van der Waals surface area (Å²) in [5.74, 6) is 1.02. The van der Waals surface area contributed by atoms with Crippen LogP contribution < -0.4 is 10.1 Å². The molecule has 0 aromatic heterocycles. The number of ether oxygens (including phenoxy) is 1. The molecule has 0 aliphatic rings. The molecule has 0 aliphatic heterocycles. The molecule has 0 unspecified atom stereocenters. The largest absolute Gasteiger partial charge is 0.492 e. The molecule has 0 saturated carbocycles. The molecule has 0 amide bonds. The lowest BCUT2D eigenvalue weighted by molar-refractivity contribution is 0.315. The van der Waals surface area contributed by atoms with Gasteiger partial charge < -0.3 is 10.1 Å². The zero-order valence-corrected chi connectivity index (χ0v) is 11.9. The van der Waals surface area contributed by atoms with Crippen LogP contribution in [0.1, 0.15) is 0 Å². The Labute approximate surface area is 115 Å². The number of nitrogens with one attached hydrogen (secondary N) is 1. The topological polar surface area (TPSA) is 75.6 Å². The molecule has 1 rings (SSSR count). The molecule has 0 fully saturated rings. The van der Waals surface area contributed by atoms with E-state index in [2.05, 4.69) is 5.32 Å². The van der Waals surface area contributed by atoms with Gasteiger partial charge in [-0.15, -0.1) is 0 Å². The molecular weight excluding hydrogens is 298 g/mol. The van der Waals surface area contributed by atoms with E-state index in [0.29, 0.717) is 41.3 Å². The van der Waals surface area contributed by atoms with Crippen LogP contribution in [0.25, 0.3) is 0 Å². The Balaban J connectivity index is 2.04. The van der Waals surface area contributed by atoms with E-state index in [1.54, 1.807) is 24.3 Å². The molecule has 0 aliphatic carbocycles. The van der Waals surface area contributed by atoms with Crippen molar-refractivity contribution in [2.24, 2.45) is 0 Å². The molecule has 18 heavy (non-hydrogen) atoms. The van der Waals surface area contributed by atoms with E-state index < -0.39 is 9.15 Å². The van der Waals surface area contributed by atoms with Crippen molar-refractivity contribution < 1.29 is 17.7 Å². The lowest BCUT2D eigenvalue weighted by Gasteiger charge is -2.07. The summed E-state index contributed by atoms with van der Waals surface area (Å²) in [6.45, 7) is 1.54. The fourth-order valence-corrected chi connectivity index (χ4v) is 2.56. The first-order valence-electron chi connectivity index (χ1n) is 5.18. The van der Waals surface area contributed by atoms with Crippen molar-refractivity contribution in [2.75, 3.05) is 25.4 Å². The van der Waals surface area contributed by atoms with E-state index >= 15 is 0 Å². The van der Waals surface area contributed by atoms with Gasteiger partial charge in [-0.05, 0) is 35.1 Å². The van der Waals surface area contributed by atoms with Gasteiger partial charge in [0.2, 0.25) is 0 Å². The highest BCUT2D eigenvalue weighted by Crippen LogP contribution is 2.15. The minimum absolute atomic E-state index is 0.291. The fourth-order valence-electron chi connectivity index (χ4n) is 1.12. The Morgan fingerprint density at radius 2 is 1.94 bits per heavy atom. The maximum Gasteiger partial charge on any atom is 0.319 e. The van der Waals surface area contributed by atoms with Crippen molar-refractivity contribution in [3.8, 4) is 5.75 Å². The van der Waals surface area contributed by atoms with Crippen LogP contribution in [0.4, 0.5) is 0 Å². The van der Waals surface area contributed by atoms with Crippen LogP contribution in [0.2, 0.25) is 5.02 Å². The van der Waals surface area contributed by atoms with Crippen molar-refractivity contribution in [3.05, 3.63) is 29.3 Å². The van der Waals surface area contributed by atoms with Gasteiger partial charge in [0.1, 0.15) is 12.4 Å². The third-order valence-electron chi connectivity index (χ3n) is 1.87. The molecule has 0 bridgehead atoms. The lowest BCUT2D eigenvalue weighted by Crippen LogP contribution is -2.23. The maximum atomic E-state index is 10.4. The Bertz CT molecular complexity index is 449. The summed E-state index contributed by atoms with van der Waals surface area (Å²) >= 11 is 5.73. The van der Waals surface area contributed by atoms with Gasteiger partial charge in [-0.2, -0.15) is 8.42 Å². The first kappa shape index (κ1) is 15.6. The molecule has 8 heteroatoms. The van der Waals surface area contributed by atoms with Gasteiger partial charge in [-0.25, -0.2) is 0 Å². The van der Waals surface area contributed by atoms with Crippen LogP contribution in [-0.2, 0) is 9.15 Å². The van der Waals surface area contributed by atoms with Crippen LogP contribution in [-0.4, -0.2) is 38.4 Å². The molecule has 1 aromatic carbocycles. The minimum atomic E-state index is -3.93. The summed E-state index contributed by atoms with van der Waals surface area (Å²) < 4.78 is 34.7. The molecular formula is C10H14ClNO4S2. The summed E-state index contributed by atoms with van der Waals surface area (Å²) in [5.41, 5.74) is 0. The standard InChI is InChI=1S/C10H14ClNO4S2/c11-9-1-3-10(4-2-9)16-7-5-12-6-8-17-18(13,14)15/h1-4,12H,5-8H2,(H,13,14,15). The first-order valence-corrected chi connectivity index (χ1v) is 8.50. The highest BCUT2D eigenvalue weighted by Gasteiger charge is 2.03. The van der Waals surface area contributed by atoms with Crippen molar-refractivity contribution in [3.63, 3.8) is 0 Å². The van der Waals surface area contributed by atoms with E-state index in [4.69, 9.17) is 20.9 Å². The first-order chi connectivity index (χ1) is 8.47. The summed E-state index contributed by atoms with van der Waals surface area (Å²) in [6, 6.07) is 7.03. The monoisotopic (exact) mass is 311 g/mol. The van der Waals surface area contributed by atoms with Crippen molar-refractivity contribution >= 4 is 31.5 Å². The third-order valence-corrected chi connectivity index (χ3v) is 4.19. The van der Waals surface area contributed by atoms with Crippen LogP contribution in [0, 0.1) is 0 Å². The van der Waals surface area contributed by atoms with Gasteiger partial charge in [-0.3, -0.25) is 4.55 Å². The smallest absolute Gasteiger partial charge is 0.319 e. The van der Waals surface area contributed by atoms with Crippen LogP contribution in [0.15, 0.2) is 24.3 Å². The number of halogens is 1. The van der Waals surface area contributed by atoms with E-state index in [1.165, 1.54) is 0 Å². The molecule has 0 radical (unpaired) electrons. The fraction of sp³-hybridized carbons (Fsp3) is 0.400. The molecule has 0 spiro atoms. The zero-order valence-electron chi connectivity index (χ0n) is 9.50. The van der Waals surface area contributed by atoms with E-state index in [1.807, 2.05) is 0 Å². The molecule has 1 aromatic rings. The summed E-state index contributed by atoms with van der Waals surface area (Å²) in [6.07, 6.45) is 0. The summed E-state index contributed by atoms with van der Waals surface area (Å²) in [5, 5.41) is 3.65. The second-order valence-electron chi connectivity index (χ2n) is 3.30. The van der Waals surface area contributed by atoms with Gasteiger partial charge in [0.15, 0.2) is 0 Å². The predicted molar refractivity (Wildman–Crippen MR) is 73.8 cm³/mol. The van der Waals surface area contributed by atoms with E-state index in [0.717, 1.165) is 5.75 Å². The van der Waals surface area contributed by atoms with Crippen LogP contribution in [0.5, 0.6) is 5.75 Å². The molecule has 2 N–H and O–H groups in total. The van der Waals surface area contributed by atoms with Crippen LogP contribution in [0.3, 0.4) is 0 Å². The molecule has 0 saturated heterocycles. The SMILES string of the molecule is O=S(=O)(O)SCCNCCOc1ccc(Cl)cc1. The maximum absolute atomic E-state index is 10.4. The minimum Gasteiger partial charge on any atom is -0.492 e. The quantitative estimate of drug-likeness (QED) is 0.433. The predicted octanol–water partition coefficient (Wildman–Crippen LogP) is 1.84. The summed E-state index contributed by atoms with van der Waals surface area (Å²) in [7, 11) is -3.43. The van der Waals surface area contributed by atoms with E-state index in [9.17, 15) is 8.42 Å². The Morgan fingerprint density at radius 1 is 1.28 bits per heavy atom. The van der Waals surface area contributed by atoms with Gasteiger partial charge >= 0.3 is 9.15 Å². The van der Waals surface area contributed by atoms with Gasteiger partial charge in [0.05, 0.1) is 0 Å². The highest BCUT2D eigenvalue weighted by molar-refractivity contribution is 8.69. The van der Waals surface area contributed by atoms with Gasteiger partial charge in [-0.1, -0.05) is 11.6 Å². The summed E-state index contributed by atoms with van der Waals surface area (Å²) in [4.78, 5) is 0. The number of rotatable bonds is 8. The number of hydrogen-bond donors (Lipinski definition) is 2. The highest BCUT2D eigenvalue weighted by atomic mass is 35.5. The molecule has 0 heterocycles. The average molecular weight is 312 g/mol. The molecule has 5 nitrogen and oxygen atoms in total.